The highest BCUT2D eigenvalue weighted by Crippen LogP contribution is 2.23. The topological polar surface area (TPSA) is 65.6 Å². The summed E-state index contributed by atoms with van der Waals surface area (Å²) in [4.78, 5) is 16.6. The molecule has 124 valence electrons. The quantitative estimate of drug-likeness (QED) is 0.849. The van der Waals surface area contributed by atoms with Crippen molar-refractivity contribution in [3.63, 3.8) is 0 Å². The first kappa shape index (κ1) is 16.1. The highest BCUT2D eigenvalue weighted by Gasteiger charge is 2.31. The van der Waals surface area contributed by atoms with Gasteiger partial charge >= 0.3 is 6.09 Å². The maximum Gasteiger partial charge on any atom is 0.407 e. The molecule has 2 heterocycles. The van der Waals surface area contributed by atoms with Crippen molar-refractivity contribution in [2.24, 2.45) is 0 Å². The van der Waals surface area contributed by atoms with Crippen LogP contribution >= 0.6 is 0 Å². The molecule has 1 atom stereocenters. The maximum atomic E-state index is 11.5. The number of benzene rings is 1. The molecule has 0 spiro atoms. The third kappa shape index (κ3) is 3.14. The number of aromatic nitrogens is 1. The summed E-state index contributed by atoms with van der Waals surface area (Å²) in [6, 6.07) is 8.17. The molecule has 0 unspecified atom stereocenters. The number of hydrogen-bond donors (Lipinski definition) is 2. The number of morpholine rings is 1. The number of aromatic amines is 1. The molecule has 23 heavy (non-hydrogen) atoms. The smallest absolute Gasteiger partial charge is 0.407 e. The molecular formula is C17H24N2O3Si. The number of carbonyl (C=O) groups is 1. The summed E-state index contributed by atoms with van der Waals surface area (Å²) in [6.45, 7) is 8.34. The number of para-hydroxylation sites is 1. The Morgan fingerprint density at radius 1 is 1.39 bits per heavy atom. The highest BCUT2D eigenvalue weighted by molar-refractivity contribution is 6.88. The van der Waals surface area contributed by atoms with E-state index in [4.69, 9.17) is 4.74 Å². The number of fused-ring (bicyclic) bond motifs is 1. The average Bonchev–Trinajstić information content (AvgIpc) is 2.87. The van der Waals surface area contributed by atoms with Gasteiger partial charge in [-0.1, -0.05) is 37.8 Å². The van der Waals surface area contributed by atoms with Gasteiger partial charge in [-0.15, -0.1) is 0 Å². The molecule has 1 aliphatic heterocycles. The number of ether oxygens (including phenoxy) is 1. The van der Waals surface area contributed by atoms with Crippen molar-refractivity contribution in [2.45, 2.75) is 32.1 Å². The van der Waals surface area contributed by atoms with Crippen molar-refractivity contribution in [2.75, 3.05) is 19.8 Å². The summed E-state index contributed by atoms with van der Waals surface area (Å²) in [5.41, 5.74) is 2.40. The van der Waals surface area contributed by atoms with Gasteiger partial charge in [-0.25, -0.2) is 4.79 Å². The Bertz CT molecular complexity index is 720. The molecule has 0 saturated carbocycles. The van der Waals surface area contributed by atoms with Gasteiger partial charge in [0.25, 0.3) is 0 Å². The van der Waals surface area contributed by atoms with Crippen molar-refractivity contribution in [3.05, 3.63) is 29.8 Å². The minimum atomic E-state index is -1.56. The van der Waals surface area contributed by atoms with Crippen molar-refractivity contribution in [3.8, 4) is 0 Å². The second kappa shape index (κ2) is 6.01. The monoisotopic (exact) mass is 332 g/mol. The van der Waals surface area contributed by atoms with E-state index in [2.05, 4.69) is 36.8 Å². The zero-order chi connectivity index (χ0) is 16.6. The van der Waals surface area contributed by atoms with Crippen LogP contribution in [0.1, 0.15) is 5.56 Å². The van der Waals surface area contributed by atoms with E-state index in [9.17, 15) is 9.90 Å². The predicted molar refractivity (Wildman–Crippen MR) is 94.3 cm³/mol. The number of hydrogen-bond acceptors (Lipinski definition) is 2. The minimum Gasteiger partial charge on any atom is -0.465 e. The second-order valence-corrected chi connectivity index (χ2v) is 12.2. The summed E-state index contributed by atoms with van der Waals surface area (Å²) < 4.78 is 5.54. The molecule has 1 fully saturated rings. The van der Waals surface area contributed by atoms with Crippen LogP contribution in [0, 0.1) is 0 Å². The Morgan fingerprint density at radius 2 is 2.13 bits per heavy atom. The number of rotatable bonds is 3. The Balaban J connectivity index is 2.02. The first-order chi connectivity index (χ1) is 10.9. The third-order valence-corrected chi connectivity index (χ3v) is 6.40. The molecule has 1 aliphatic rings. The SMILES string of the molecule is C[Si](C)(C)c1[nH]c2ccccc2c1C[C@H]1COCCN1C(=O)O. The maximum absolute atomic E-state index is 11.5. The minimum absolute atomic E-state index is 0.115. The lowest BCUT2D eigenvalue weighted by Crippen LogP contribution is -2.50. The highest BCUT2D eigenvalue weighted by atomic mass is 28.3. The standard InChI is InChI=1S/C17H24N2O3Si/c1-23(2,3)16-14(13-6-4-5-7-15(13)18-16)10-12-11-22-9-8-19(12)17(20)21/h4-7,12,18H,8-11H2,1-3H3,(H,20,21)/t12-/m0/s1. The van der Waals surface area contributed by atoms with Gasteiger partial charge in [-0.2, -0.15) is 0 Å². The van der Waals surface area contributed by atoms with Crippen LogP contribution in [0.25, 0.3) is 10.9 Å². The summed E-state index contributed by atoms with van der Waals surface area (Å²) in [5, 5.41) is 12.0. The molecule has 0 bridgehead atoms. The molecule has 6 heteroatoms. The molecule has 2 aromatic rings. The molecule has 1 aromatic heterocycles. The largest absolute Gasteiger partial charge is 0.465 e. The van der Waals surface area contributed by atoms with Crippen LogP contribution in [0.3, 0.4) is 0 Å². The van der Waals surface area contributed by atoms with Crippen LogP contribution in [-0.4, -0.2) is 55.0 Å². The van der Waals surface area contributed by atoms with Gasteiger partial charge in [-0.3, -0.25) is 0 Å². The van der Waals surface area contributed by atoms with Crippen molar-refractivity contribution in [1.82, 2.24) is 9.88 Å². The van der Waals surface area contributed by atoms with E-state index in [1.54, 1.807) is 0 Å². The lowest BCUT2D eigenvalue weighted by Gasteiger charge is -2.34. The Morgan fingerprint density at radius 3 is 2.83 bits per heavy atom. The van der Waals surface area contributed by atoms with Crippen LogP contribution in [0.2, 0.25) is 19.6 Å². The molecule has 3 rings (SSSR count). The number of amides is 1. The van der Waals surface area contributed by atoms with Crippen LogP contribution in [-0.2, 0) is 11.2 Å². The first-order valence-electron chi connectivity index (χ1n) is 8.05. The van der Waals surface area contributed by atoms with Crippen molar-refractivity contribution >= 4 is 30.4 Å². The van der Waals surface area contributed by atoms with E-state index in [-0.39, 0.29) is 6.04 Å². The number of carboxylic acid groups (broad SMARTS) is 1. The lowest BCUT2D eigenvalue weighted by molar-refractivity contribution is 0.000443. The van der Waals surface area contributed by atoms with Gasteiger partial charge in [0.15, 0.2) is 0 Å². The fourth-order valence-electron chi connectivity index (χ4n) is 3.36. The number of nitrogens with zero attached hydrogens (tertiary/aromatic N) is 1. The van der Waals surface area contributed by atoms with Crippen LogP contribution in [0.5, 0.6) is 0 Å². The fraction of sp³-hybridized carbons (Fsp3) is 0.471. The van der Waals surface area contributed by atoms with Crippen LogP contribution in [0.4, 0.5) is 4.79 Å². The van der Waals surface area contributed by atoms with Crippen LogP contribution in [0.15, 0.2) is 24.3 Å². The predicted octanol–water partition coefficient (Wildman–Crippen LogP) is 2.63. The number of nitrogens with one attached hydrogen (secondary N) is 1. The summed E-state index contributed by atoms with van der Waals surface area (Å²) in [6.07, 6.45) is -0.150. The van der Waals surface area contributed by atoms with Crippen LogP contribution < -0.4 is 5.32 Å². The Labute approximate surface area is 137 Å². The van der Waals surface area contributed by atoms with Gasteiger partial charge in [0.05, 0.1) is 27.3 Å². The van der Waals surface area contributed by atoms with Crippen molar-refractivity contribution < 1.29 is 14.6 Å². The second-order valence-electron chi connectivity index (χ2n) is 7.18. The normalized spacial score (nSPS) is 19.3. The molecular weight excluding hydrogens is 308 g/mol. The van der Waals surface area contributed by atoms with E-state index in [0.29, 0.717) is 26.2 Å². The molecule has 1 saturated heterocycles. The van der Waals surface area contributed by atoms with E-state index in [1.165, 1.54) is 21.2 Å². The molecule has 1 amide bonds. The summed E-state index contributed by atoms with van der Waals surface area (Å²) in [7, 11) is -1.56. The Kier molecular flexibility index (Phi) is 4.20. The summed E-state index contributed by atoms with van der Waals surface area (Å²) >= 11 is 0. The molecule has 1 aromatic carbocycles. The number of H-pyrrole nitrogens is 1. The zero-order valence-electron chi connectivity index (χ0n) is 13.9. The van der Waals surface area contributed by atoms with E-state index in [0.717, 1.165) is 5.52 Å². The average molecular weight is 332 g/mol. The Hall–Kier alpha value is -1.79. The van der Waals surface area contributed by atoms with E-state index >= 15 is 0 Å². The molecule has 0 aliphatic carbocycles. The van der Waals surface area contributed by atoms with Gasteiger partial charge in [-0.05, 0) is 18.1 Å². The summed E-state index contributed by atoms with van der Waals surface area (Å²) in [5.74, 6) is 0. The lowest BCUT2D eigenvalue weighted by atomic mass is 10.0. The van der Waals surface area contributed by atoms with Gasteiger partial charge in [0, 0.05) is 22.8 Å². The molecule has 2 N–H and O–H groups in total. The van der Waals surface area contributed by atoms with Gasteiger partial charge < -0.3 is 19.7 Å². The molecule has 0 radical (unpaired) electrons. The van der Waals surface area contributed by atoms with Gasteiger partial charge in [0.2, 0.25) is 0 Å². The van der Waals surface area contributed by atoms with E-state index in [1.807, 2.05) is 12.1 Å². The third-order valence-electron chi connectivity index (χ3n) is 4.48. The molecule has 5 nitrogen and oxygen atoms in total. The first-order valence-corrected chi connectivity index (χ1v) is 11.6. The van der Waals surface area contributed by atoms with E-state index < -0.39 is 14.2 Å². The fourth-order valence-corrected chi connectivity index (χ4v) is 5.02. The van der Waals surface area contributed by atoms with Gasteiger partial charge in [0.1, 0.15) is 0 Å². The zero-order valence-corrected chi connectivity index (χ0v) is 14.9. The van der Waals surface area contributed by atoms with Crippen molar-refractivity contribution in [1.29, 1.82) is 0 Å².